The summed E-state index contributed by atoms with van der Waals surface area (Å²) in [6, 6.07) is 6.80. The normalized spacial score (nSPS) is 9.40. The first-order chi connectivity index (χ1) is 7.27. The number of benzene rings is 1. The molecule has 1 rings (SSSR count). The van der Waals surface area contributed by atoms with Gasteiger partial charge in [0, 0.05) is 17.8 Å². The van der Waals surface area contributed by atoms with Gasteiger partial charge in [0.25, 0.3) is 5.91 Å². The number of carbonyl (C=O) groups excluding carboxylic acids is 2. The van der Waals surface area contributed by atoms with Crippen LogP contribution in [0.5, 0.6) is 0 Å². The molecular weight excluding hydrogens is 192 g/mol. The van der Waals surface area contributed by atoms with E-state index in [-0.39, 0.29) is 5.91 Å². The van der Waals surface area contributed by atoms with E-state index < -0.39 is 0 Å². The molecule has 15 heavy (non-hydrogen) atoms. The molecule has 2 N–H and O–H groups in total. The van der Waals surface area contributed by atoms with Crippen molar-refractivity contribution in [2.45, 2.75) is 13.3 Å². The molecule has 0 saturated heterocycles. The molecule has 4 heteroatoms. The van der Waals surface area contributed by atoms with E-state index in [4.69, 9.17) is 0 Å². The van der Waals surface area contributed by atoms with E-state index in [0.717, 1.165) is 6.42 Å². The molecule has 0 heterocycles. The summed E-state index contributed by atoms with van der Waals surface area (Å²) >= 11 is 0. The van der Waals surface area contributed by atoms with Crippen molar-refractivity contribution in [2.75, 3.05) is 11.9 Å². The zero-order valence-electron chi connectivity index (χ0n) is 8.62. The summed E-state index contributed by atoms with van der Waals surface area (Å²) in [5.74, 6) is -0.119. The Labute approximate surface area is 88.7 Å². The Morgan fingerprint density at radius 2 is 2.27 bits per heavy atom. The highest BCUT2D eigenvalue weighted by Crippen LogP contribution is 2.09. The van der Waals surface area contributed by atoms with Crippen molar-refractivity contribution >= 4 is 18.0 Å². The van der Waals surface area contributed by atoms with Gasteiger partial charge in [0.05, 0.1) is 0 Å². The zero-order valence-corrected chi connectivity index (χ0v) is 8.62. The van der Waals surface area contributed by atoms with Crippen molar-refractivity contribution in [1.82, 2.24) is 5.32 Å². The maximum absolute atomic E-state index is 11.5. The standard InChI is InChI=1S/C11H14N2O2/c1-2-6-12-11(15)9-4-3-5-10(7-9)13-8-14/h3-5,7-8H,2,6H2,1H3,(H,12,15)(H,13,14). The predicted octanol–water partition coefficient (Wildman–Crippen LogP) is 1.39. The van der Waals surface area contributed by atoms with Crippen LogP contribution in [0.3, 0.4) is 0 Å². The van der Waals surface area contributed by atoms with Gasteiger partial charge in [-0.2, -0.15) is 0 Å². The Bertz CT molecular complexity index is 350. The van der Waals surface area contributed by atoms with E-state index in [2.05, 4.69) is 10.6 Å². The van der Waals surface area contributed by atoms with Crippen LogP contribution in [-0.2, 0) is 4.79 Å². The van der Waals surface area contributed by atoms with Crippen LogP contribution in [0.4, 0.5) is 5.69 Å². The lowest BCUT2D eigenvalue weighted by Gasteiger charge is -2.04. The van der Waals surface area contributed by atoms with Gasteiger partial charge in [0.15, 0.2) is 0 Å². The van der Waals surface area contributed by atoms with E-state index in [1.54, 1.807) is 24.3 Å². The molecule has 0 bridgehead atoms. The molecule has 0 fully saturated rings. The Morgan fingerprint density at radius 3 is 2.93 bits per heavy atom. The Balaban J connectivity index is 2.71. The number of carbonyl (C=O) groups is 2. The topological polar surface area (TPSA) is 58.2 Å². The van der Waals surface area contributed by atoms with Crippen LogP contribution < -0.4 is 10.6 Å². The van der Waals surface area contributed by atoms with Gasteiger partial charge in [-0.15, -0.1) is 0 Å². The van der Waals surface area contributed by atoms with E-state index in [1.807, 2.05) is 6.92 Å². The summed E-state index contributed by atoms with van der Waals surface area (Å²) in [5, 5.41) is 5.26. The van der Waals surface area contributed by atoms with E-state index in [9.17, 15) is 9.59 Å². The van der Waals surface area contributed by atoms with Crippen molar-refractivity contribution in [1.29, 1.82) is 0 Å². The van der Waals surface area contributed by atoms with Crippen molar-refractivity contribution in [3.63, 3.8) is 0 Å². The molecule has 0 spiro atoms. The third-order valence-electron chi connectivity index (χ3n) is 1.89. The first kappa shape index (κ1) is 11.2. The maximum Gasteiger partial charge on any atom is 0.251 e. The number of amides is 2. The van der Waals surface area contributed by atoms with E-state index in [0.29, 0.717) is 24.2 Å². The average molecular weight is 206 g/mol. The molecule has 0 aliphatic carbocycles. The van der Waals surface area contributed by atoms with Crippen LogP contribution in [0.2, 0.25) is 0 Å². The summed E-state index contributed by atoms with van der Waals surface area (Å²) in [4.78, 5) is 21.7. The van der Waals surface area contributed by atoms with Gasteiger partial charge < -0.3 is 10.6 Å². The molecule has 0 saturated carbocycles. The highest BCUT2D eigenvalue weighted by Gasteiger charge is 2.04. The second kappa shape index (κ2) is 5.80. The minimum Gasteiger partial charge on any atom is -0.352 e. The lowest BCUT2D eigenvalue weighted by atomic mass is 10.2. The Hall–Kier alpha value is -1.84. The van der Waals surface area contributed by atoms with Crippen molar-refractivity contribution in [3.8, 4) is 0 Å². The summed E-state index contributed by atoms with van der Waals surface area (Å²) in [6.45, 7) is 2.65. The first-order valence-electron chi connectivity index (χ1n) is 4.86. The molecule has 0 atom stereocenters. The largest absolute Gasteiger partial charge is 0.352 e. The molecule has 2 amide bonds. The van der Waals surface area contributed by atoms with E-state index >= 15 is 0 Å². The van der Waals surface area contributed by atoms with Gasteiger partial charge in [-0.1, -0.05) is 13.0 Å². The fourth-order valence-electron chi connectivity index (χ4n) is 1.16. The van der Waals surface area contributed by atoms with Gasteiger partial charge >= 0.3 is 0 Å². The third kappa shape index (κ3) is 3.42. The van der Waals surface area contributed by atoms with Crippen LogP contribution >= 0.6 is 0 Å². The molecular formula is C11H14N2O2. The molecule has 4 nitrogen and oxygen atoms in total. The second-order valence-electron chi connectivity index (χ2n) is 3.10. The summed E-state index contributed by atoms with van der Waals surface area (Å²) < 4.78 is 0. The second-order valence-corrected chi connectivity index (χ2v) is 3.10. The summed E-state index contributed by atoms with van der Waals surface area (Å²) in [7, 11) is 0. The molecule has 0 unspecified atom stereocenters. The molecule has 0 aliphatic rings. The van der Waals surface area contributed by atoms with E-state index in [1.165, 1.54) is 0 Å². The van der Waals surface area contributed by atoms with Gasteiger partial charge in [0.2, 0.25) is 6.41 Å². The van der Waals surface area contributed by atoms with Gasteiger partial charge in [0.1, 0.15) is 0 Å². The molecule has 0 radical (unpaired) electrons. The minimum atomic E-state index is -0.119. The van der Waals surface area contributed by atoms with Gasteiger partial charge in [-0.25, -0.2) is 0 Å². The van der Waals surface area contributed by atoms with Crippen molar-refractivity contribution < 1.29 is 9.59 Å². The Morgan fingerprint density at radius 1 is 1.47 bits per heavy atom. The zero-order chi connectivity index (χ0) is 11.1. The van der Waals surface area contributed by atoms with Crippen LogP contribution in [0.15, 0.2) is 24.3 Å². The number of anilines is 1. The fourth-order valence-corrected chi connectivity index (χ4v) is 1.16. The molecule has 0 aromatic heterocycles. The molecule has 80 valence electrons. The molecule has 0 aliphatic heterocycles. The number of rotatable bonds is 5. The monoisotopic (exact) mass is 206 g/mol. The molecule has 1 aromatic rings. The van der Waals surface area contributed by atoms with Crippen LogP contribution in [0.25, 0.3) is 0 Å². The number of nitrogens with one attached hydrogen (secondary N) is 2. The van der Waals surface area contributed by atoms with Crippen molar-refractivity contribution in [3.05, 3.63) is 29.8 Å². The van der Waals surface area contributed by atoms with Crippen LogP contribution in [0, 0.1) is 0 Å². The van der Waals surface area contributed by atoms with Gasteiger partial charge in [-0.05, 0) is 24.6 Å². The summed E-state index contributed by atoms with van der Waals surface area (Å²) in [6.07, 6.45) is 1.49. The third-order valence-corrected chi connectivity index (χ3v) is 1.89. The average Bonchev–Trinajstić information content (AvgIpc) is 2.27. The summed E-state index contributed by atoms with van der Waals surface area (Å²) in [5.41, 5.74) is 1.17. The fraction of sp³-hybridized carbons (Fsp3) is 0.273. The Kier molecular flexibility index (Phi) is 4.34. The maximum atomic E-state index is 11.5. The molecule has 1 aromatic carbocycles. The SMILES string of the molecule is CCCNC(=O)c1cccc(NC=O)c1. The number of hydrogen-bond donors (Lipinski definition) is 2. The van der Waals surface area contributed by atoms with Crippen LogP contribution in [-0.4, -0.2) is 18.9 Å². The first-order valence-corrected chi connectivity index (χ1v) is 4.86. The predicted molar refractivity (Wildman–Crippen MR) is 58.8 cm³/mol. The number of hydrogen-bond acceptors (Lipinski definition) is 2. The lowest BCUT2D eigenvalue weighted by molar-refractivity contribution is -0.105. The highest BCUT2D eigenvalue weighted by molar-refractivity contribution is 5.95. The minimum absolute atomic E-state index is 0.119. The smallest absolute Gasteiger partial charge is 0.251 e. The van der Waals surface area contributed by atoms with Crippen LogP contribution in [0.1, 0.15) is 23.7 Å². The van der Waals surface area contributed by atoms with Gasteiger partial charge in [-0.3, -0.25) is 9.59 Å². The highest BCUT2D eigenvalue weighted by atomic mass is 16.1. The quantitative estimate of drug-likeness (QED) is 0.715. The lowest BCUT2D eigenvalue weighted by Crippen LogP contribution is -2.23. The van der Waals surface area contributed by atoms with Crippen molar-refractivity contribution in [2.24, 2.45) is 0 Å².